The minimum absolute atomic E-state index is 0. The highest BCUT2D eigenvalue weighted by Gasteiger charge is 2.23. The number of guanidine groups is 1. The number of nitrogens with one attached hydrogen (secondary N) is 1. The third kappa shape index (κ3) is 6.18. The summed E-state index contributed by atoms with van der Waals surface area (Å²) in [6.07, 6.45) is 2.51. The van der Waals surface area contributed by atoms with Gasteiger partial charge >= 0.3 is 0 Å². The number of benzene rings is 1. The van der Waals surface area contributed by atoms with Crippen molar-refractivity contribution in [3.8, 4) is 5.75 Å². The summed E-state index contributed by atoms with van der Waals surface area (Å²) in [5.74, 6) is 1.40. The highest BCUT2D eigenvalue weighted by Crippen LogP contribution is 2.27. The second-order valence-corrected chi connectivity index (χ2v) is 6.06. The van der Waals surface area contributed by atoms with Crippen molar-refractivity contribution in [2.24, 2.45) is 10.7 Å². The third-order valence-electron chi connectivity index (χ3n) is 3.93. The van der Waals surface area contributed by atoms with Crippen LogP contribution in [0.4, 0.5) is 0 Å². The van der Waals surface area contributed by atoms with Crippen LogP contribution in [0.1, 0.15) is 38.3 Å². The van der Waals surface area contributed by atoms with Gasteiger partial charge in [-0.2, -0.15) is 0 Å². The average Bonchev–Trinajstić information content (AvgIpc) is 3.01. The van der Waals surface area contributed by atoms with E-state index < -0.39 is 0 Å². The molecule has 0 aliphatic carbocycles. The molecule has 0 bridgehead atoms. The summed E-state index contributed by atoms with van der Waals surface area (Å²) in [7, 11) is 1.70. The predicted molar refractivity (Wildman–Crippen MR) is 107 cm³/mol. The van der Waals surface area contributed by atoms with E-state index in [1.54, 1.807) is 7.11 Å². The van der Waals surface area contributed by atoms with Gasteiger partial charge in [0.1, 0.15) is 5.75 Å². The molecule has 1 aliphatic heterocycles. The lowest BCUT2D eigenvalue weighted by Gasteiger charge is -2.27. The van der Waals surface area contributed by atoms with Gasteiger partial charge in [0, 0.05) is 6.04 Å². The minimum Gasteiger partial charge on any atom is -0.497 e. The van der Waals surface area contributed by atoms with Gasteiger partial charge in [-0.3, -0.25) is 9.89 Å². The lowest BCUT2D eigenvalue weighted by Crippen LogP contribution is -2.37. The van der Waals surface area contributed by atoms with Crippen molar-refractivity contribution >= 4 is 29.9 Å². The van der Waals surface area contributed by atoms with Crippen LogP contribution in [0.15, 0.2) is 29.3 Å². The molecule has 6 heteroatoms. The molecule has 0 aromatic heterocycles. The monoisotopic (exact) mass is 432 g/mol. The SMILES string of the molecule is COc1cccc(C(CN=C(N)NC(C)C)N2CCCC2)c1.I. The van der Waals surface area contributed by atoms with Crippen LogP contribution in [0.5, 0.6) is 5.75 Å². The van der Waals surface area contributed by atoms with Crippen LogP contribution >= 0.6 is 24.0 Å². The van der Waals surface area contributed by atoms with Gasteiger partial charge in [-0.15, -0.1) is 24.0 Å². The number of hydrogen-bond acceptors (Lipinski definition) is 3. The number of nitrogens with zero attached hydrogens (tertiary/aromatic N) is 2. The first kappa shape index (κ1) is 20.0. The summed E-state index contributed by atoms with van der Waals surface area (Å²) in [5.41, 5.74) is 7.19. The zero-order valence-corrected chi connectivity index (χ0v) is 16.6. The van der Waals surface area contributed by atoms with E-state index in [0.717, 1.165) is 18.8 Å². The lowest BCUT2D eigenvalue weighted by molar-refractivity contribution is 0.251. The van der Waals surface area contributed by atoms with Gasteiger partial charge in [0.15, 0.2) is 5.96 Å². The minimum atomic E-state index is 0. The van der Waals surface area contributed by atoms with Gasteiger partial charge < -0.3 is 15.8 Å². The number of hydrogen-bond donors (Lipinski definition) is 2. The molecule has 2 rings (SSSR count). The number of ether oxygens (including phenoxy) is 1. The van der Waals surface area contributed by atoms with Crippen LogP contribution in [0.3, 0.4) is 0 Å². The molecule has 0 radical (unpaired) electrons. The smallest absolute Gasteiger partial charge is 0.188 e. The first-order valence-electron chi connectivity index (χ1n) is 8.04. The van der Waals surface area contributed by atoms with Gasteiger partial charge in [0.2, 0.25) is 0 Å². The molecular weight excluding hydrogens is 403 g/mol. The summed E-state index contributed by atoms with van der Waals surface area (Å²) >= 11 is 0. The highest BCUT2D eigenvalue weighted by molar-refractivity contribution is 14.0. The summed E-state index contributed by atoms with van der Waals surface area (Å²) in [5, 5.41) is 3.15. The van der Waals surface area contributed by atoms with Gasteiger partial charge in [-0.05, 0) is 57.5 Å². The van der Waals surface area contributed by atoms with E-state index in [9.17, 15) is 0 Å². The van der Waals surface area contributed by atoms with Crippen LogP contribution in [0.25, 0.3) is 0 Å². The maximum atomic E-state index is 5.95. The van der Waals surface area contributed by atoms with E-state index in [0.29, 0.717) is 18.5 Å². The molecule has 130 valence electrons. The fourth-order valence-electron chi connectivity index (χ4n) is 2.86. The zero-order chi connectivity index (χ0) is 15.9. The van der Waals surface area contributed by atoms with Crippen molar-refractivity contribution in [2.75, 3.05) is 26.7 Å². The molecule has 1 aromatic rings. The van der Waals surface area contributed by atoms with E-state index in [1.807, 2.05) is 12.1 Å². The largest absolute Gasteiger partial charge is 0.497 e. The molecule has 1 fully saturated rings. The summed E-state index contributed by atoms with van der Waals surface area (Å²) in [4.78, 5) is 7.03. The average molecular weight is 432 g/mol. The maximum Gasteiger partial charge on any atom is 0.188 e. The molecule has 1 saturated heterocycles. The number of nitrogens with two attached hydrogens (primary N) is 1. The Labute approximate surface area is 156 Å². The van der Waals surface area contributed by atoms with Crippen LogP contribution in [0, 0.1) is 0 Å². The highest BCUT2D eigenvalue weighted by atomic mass is 127. The number of rotatable bonds is 6. The second-order valence-electron chi connectivity index (χ2n) is 6.06. The molecule has 0 amide bonds. The molecule has 0 saturated carbocycles. The molecular formula is C17H29IN4O. The third-order valence-corrected chi connectivity index (χ3v) is 3.93. The topological polar surface area (TPSA) is 62.9 Å². The zero-order valence-electron chi connectivity index (χ0n) is 14.3. The Morgan fingerprint density at radius 2 is 2.04 bits per heavy atom. The number of methoxy groups -OCH3 is 1. The first-order valence-corrected chi connectivity index (χ1v) is 8.04. The fourth-order valence-corrected chi connectivity index (χ4v) is 2.86. The van der Waals surface area contributed by atoms with Crippen LogP contribution in [-0.4, -0.2) is 43.6 Å². The van der Waals surface area contributed by atoms with Gasteiger partial charge in [-0.1, -0.05) is 12.1 Å². The van der Waals surface area contributed by atoms with Crippen molar-refractivity contribution < 1.29 is 4.74 Å². The van der Waals surface area contributed by atoms with E-state index in [4.69, 9.17) is 10.5 Å². The first-order chi connectivity index (χ1) is 10.6. The van der Waals surface area contributed by atoms with Crippen molar-refractivity contribution in [1.29, 1.82) is 0 Å². The molecule has 1 atom stereocenters. The summed E-state index contributed by atoms with van der Waals surface area (Å²) in [6, 6.07) is 8.81. The Morgan fingerprint density at radius 3 is 2.65 bits per heavy atom. The molecule has 23 heavy (non-hydrogen) atoms. The predicted octanol–water partition coefficient (Wildman–Crippen LogP) is 2.76. The van der Waals surface area contributed by atoms with Crippen molar-refractivity contribution in [1.82, 2.24) is 10.2 Å². The Bertz CT molecular complexity index is 501. The van der Waals surface area contributed by atoms with Crippen LogP contribution < -0.4 is 15.8 Å². The summed E-state index contributed by atoms with van der Waals surface area (Å²) in [6.45, 7) is 7.02. The van der Waals surface area contributed by atoms with Gasteiger partial charge in [0.05, 0.1) is 19.7 Å². The number of aliphatic imine (C=N–C) groups is 1. The van der Waals surface area contributed by atoms with Crippen LogP contribution in [-0.2, 0) is 0 Å². The molecule has 1 heterocycles. The molecule has 5 nitrogen and oxygen atoms in total. The van der Waals surface area contributed by atoms with Gasteiger partial charge in [-0.25, -0.2) is 0 Å². The van der Waals surface area contributed by atoms with Crippen molar-refractivity contribution in [3.63, 3.8) is 0 Å². The van der Waals surface area contributed by atoms with Crippen molar-refractivity contribution in [3.05, 3.63) is 29.8 Å². The Hall–Kier alpha value is -1.02. The Kier molecular flexibility index (Phi) is 8.68. The number of halogens is 1. The normalized spacial score (nSPS) is 17.0. The quantitative estimate of drug-likeness (QED) is 0.412. The van der Waals surface area contributed by atoms with E-state index >= 15 is 0 Å². The Morgan fingerprint density at radius 1 is 1.35 bits per heavy atom. The molecule has 0 spiro atoms. The maximum absolute atomic E-state index is 5.95. The van der Waals surface area contributed by atoms with Crippen LogP contribution in [0.2, 0.25) is 0 Å². The van der Waals surface area contributed by atoms with E-state index in [-0.39, 0.29) is 30.0 Å². The molecule has 3 N–H and O–H groups in total. The van der Waals surface area contributed by atoms with Gasteiger partial charge in [0.25, 0.3) is 0 Å². The van der Waals surface area contributed by atoms with E-state index in [2.05, 4.69) is 41.2 Å². The summed E-state index contributed by atoms with van der Waals surface area (Å²) < 4.78 is 5.35. The fraction of sp³-hybridized carbons (Fsp3) is 0.588. The Balaban J connectivity index is 0.00000264. The molecule has 1 aliphatic rings. The second kappa shape index (κ2) is 9.97. The van der Waals surface area contributed by atoms with E-state index in [1.165, 1.54) is 18.4 Å². The number of likely N-dealkylation sites (tertiary alicyclic amines) is 1. The molecule has 1 unspecified atom stereocenters. The standard InChI is InChI=1S/C17H28N4O.HI/c1-13(2)20-17(18)19-12-16(21-9-4-5-10-21)14-7-6-8-15(11-14)22-3;/h6-8,11,13,16H,4-5,9-10,12H2,1-3H3,(H3,18,19,20);1H. The van der Waals surface area contributed by atoms with Crippen molar-refractivity contribution in [2.45, 2.75) is 38.8 Å². The lowest BCUT2D eigenvalue weighted by atomic mass is 10.1. The molecule has 1 aromatic carbocycles.